The Balaban J connectivity index is 0.00000364. The van der Waals surface area contributed by atoms with Crippen LogP contribution in [0, 0.1) is 5.82 Å². The predicted octanol–water partition coefficient (Wildman–Crippen LogP) is 4.77. The van der Waals surface area contributed by atoms with Crippen molar-refractivity contribution in [3.8, 4) is 0 Å². The zero-order chi connectivity index (χ0) is 19.0. The van der Waals surface area contributed by atoms with Gasteiger partial charge in [-0.15, -0.1) is 47.1 Å². The van der Waals surface area contributed by atoms with Crippen molar-refractivity contribution in [2.24, 2.45) is 4.99 Å². The lowest BCUT2D eigenvalue weighted by atomic mass is 10.4. The zero-order valence-corrected chi connectivity index (χ0v) is 18.3. The Labute approximate surface area is 180 Å². The minimum absolute atomic E-state index is 0. The van der Waals surface area contributed by atoms with Gasteiger partial charge in [0.2, 0.25) is 0 Å². The number of aromatic nitrogens is 1. The summed E-state index contributed by atoms with van der Waals surface area (Å²) in [5.41, 5.74) is -0.875. The van der Waals surface area contributed by atoms with Gasteiger partial charge in [-0.05, 0) is 36.4 Å². The monoisotopic (exact) mass is 534 g/mol. The fraction of sp³-hybridized carbons (Fsp3) is 0.375. The first-order chi connectivity index (χ1) is 12.4. The van der Waals surface area contributed by atoms with Crippen molar-refractivity contribution in [1.82, 2.24) is 15.6 Å². The van der Waals surface area contributed by atoms with Crippen LogP contribution in [0.4, 0.5) is 17.6 Å². The molecule has 0 fully saturated rings. The van der Waals surface area contributed by atoms with E-state index in [1.807, 2.05) is 0 Å². The number of thioether (sulfide) groups is 1. The van der Waals surface area contributed by atoms with Crippen LogP contribution in [0.25, 0.3) is 0 Å². The summed E-state index contributed by atoms with van der Waals surface area (Å²) in [6, 6.07) is 6.32. The molecule has 2 N–H and O–H groups in total. The van der Waals surface area contributed by atoms with E-state index < -0.39 is 11.9 Å². The number of halogens is 5. The van der Waals surface area contributed by atoms with Crippen molar-refractivity contribution in [2.75, 3.05) is 19.3 Å². The lowest BCUT2D eigenvalue weighted by Gasteiger charge is -2.10. The molecule has 1 aromatic carbocycles. The van der Waals surface area contributed by atoms with Crippen LogP contribution in [0.5, 0.6) is 0 Å². The summed E-state index contributed by atoms with van der Waals surface area (Å²) >= 11 is 2.57. The molecule has 2 rings (SSSR count). The number of hydrogen-bond donors (Lipinski definition) is 2. The highest BCUT2D eigenvalue weighted by molar-refractivity contribution is 14.0. The molecule has 1 heterocycles. The molecule has 11 heteroatoms. The summed E-state index contributed by atoms with van der Waals surface area (Å²) in [4.78, 5) is 8.58. The van der Waals surface area contributed by atoms with Crippen LogP contribution in [0.1, 0.15) is 17.1 Å². The SMILES string of the molecule is CN=C(NCCCSc1ccc(F)cc1)NCc1nc(C(F)(F)F)cs1.I. The van der Waals surface area contributed by atoms with Crippen molar-refractivity contribution >= 4 is 53.0 Å². The molecule has 4 nitrogen and oxygen atoms in total. The number of alkyl halides is 3. The number of thiazole rings is 1. The molecule has 150 valence electrons. The third-order valence-electron chi connectivity index (χ3n) is 3.17. The second kappa shape index (κ2) is 11.7. The third kappa shape index (κ3) is 8.64. The molecular formula is C16H19F4IN4S2. The number of benzene rings is 1. The Bertz CT molecular complexity index is 720. The Kier molecular flexibility index (Phi) is 10.4. The molecule has 0 amide bonds. The number of hydrogen-bond acceptors (Lipinski definition) is 4. The minimum atomic E-state index is -4.42. The summed E-state index contributed by atoms with van der Waals surface area (Å²) in [6.07, 6.45) is -3.57. The third-order valence-corrected chi connectivity index (χ3v) is 5.12. The maximum Gasteiger partial charge on any atom is 0.434 e. The summed E-state index contributed by atoms with van der Waals surface area (Å²) in [5.74, 6) is 1.09. The van der Waals surface area contributed by atoms with E-state index in [1.54, 1.807) is 30.9 Å². The van der Waals surface area contributed by atoms with Crippen LogP contribution in [-0.2, 0) is 12.7 Å². The van der Waals surface area contributed by atoms with Gasteiger partial charge in [0, 0.05) is 23.9 Å². The normalized spacial score (nSPS) is 11.8. The van der Waals surface area contributed by atoms with E-state index in [1.165, 1.54) is 12.1 Å². The molecule has 0 saturated carbocycles. The van der Waals surface area contributed by atoms with Gasteiger partial charge in [-0.25, -0.2) is 9.37 Å². The topological polar surface area (TPSA) is 49.3 Å². The quantitative estimate of drug-likeness (QED) is 0.134. The lowest BCUT2D eigenvalue weighted by Crippen LogP contribution is -2.37. The van der Waals surface area contributed by atoms with Crippen molar-refractivity contribution in [1.29, 1.82) is 0 Å². The molecule has 0 atom stereocenters. The van der Waals surface area contributed by atoms with Gasteiger partial charge in [0.1, 0.15) is 10.8 Å². The molecule has 0 radical (unpaired) electrons. The summed E-state index contributed by atoms with van der Waals surface area (Å²) in [5, 5.41) is 7.37. The van der Waals surface area contributed by atoms with Crippen LogP contribution < -0.4 is 10.6 Å². The molecule has 0 saturated heterocycles. The smallest absolute Gasteiger partial charge is 0.356 e. The molecule has 2 aromatic rings. The molecule has 0 unspecified atom stereocenters. The highest BCUT2D eigenvalue weighted by Crippen LogP contribution is 2.29. The van der Waals surface area contributed by atoms with Crippen LogP contribution in [0.3, 0.4) is 0 Å². The van der Waals surface area contributed by atoms with Gasteiger partial charge < -0.3 is 10.6 Å². The molecule has 0 aliphatic heterocycles. The molecular weight excluding hydrogens is 515 g/mol. The van der Waals surface area contributed by atoms with E-state index in [9.17, 15) is 17.6 Å². The van der Waals surface area contributed by atoms with Crippen LogP contribution >= 0.6 is 47.1 Å². The van der Waals surface area contributed by atoms with Crippen LogP contribution in [0.15, 0.2) is 39.5 Å². The summed E-state index contributed by atoms with van der Waals surface area (Å²) in [7, 11) is 1.59. The predicted molar refractivity (Wildman–Crippen MR) is 112 cm³/mol. The fourth-order valence-electron chi connectivity index (χ4n) is 1.90. The Hall–Kier alpha value is -1.08. The first-order valence-electron chi connectivity index (χ1n) is 7.73. The van der Waals surface area contributed by atoms with Crippen molar-refractivity contribution < 1.29 is 17.6 Å². The molecule has 1 aromatic heterocycles. The van der Waals surface area contributed by atoms with Crippen molar-refractivity contribution in [2.45, 2.75) is 24.0 Å². The van der Waals surface area contributed by atoms with Gasteiger partial charge in [0.25, 0.3) is 0 Å². The van der Waals surface area contributed by atoms with Gasteiger partial charge in [-0.2, -0.15) is 13.2 Å². The van der Waals surface area contributed by atoms with E-state index in [0.717, 1.165) is 33.8 Å². The number of aliphatic imine (C=N–C) groups is 1. The molecule has 27 heavy (non-hydrogen) atoms. The van der Waals surface area contributed by atoms with Gasteiger partial charge >= 0.3 is 6.18 Å². The second-order valence-corrected chi connectivity index (χ2v) is 7.24. The summed E-state index contributed by atoms with van der Waals surface area (Å²) in [6.45, 7) is 0.824. The number of rotatable bonds is 7. The van der Waals surface area contributed by atoms with E-state index in [-0.39, 0.29) is 36.3 Å². The van der Waals surface area contributed by atoms with E-state index in [4.69, 9.17) is 0 Å². The highest BCUT2D eigenvalue weighted by atomic mass is 127. The van der Waals surface area contributed by atoms with Crippen LogP contribution in [0.2, 0.25) is 0 Å². The zero-order valence-electron chi connectivity index (χ0n) is 14.3. The Morgan fingerprint density at radius 1 is 1.22 bits per heavy atom. The first-order valence-corrected chi connectivity index (χ1v) is 9.59. The van der Waals surface area contributed by atoms with Crippen LogP contribution in [-0.4, -0.2) is 30.3 Å². The van der Waals surface area contributed by atoms with Gasteiger partial charge in [0.05, 0.1) is 6.54 Å². The second-order valence-electron chi connectivity index (χ2n) is 5.13. The number of nitrogens with zero attached hydrogens (tertiary/aromatic N) is 2. The molecule has 0 bridgehead atoms. The Morgan fingerprint density at radius 2 is 1.93 bits per heavy atom. The van der Waals surface area contributed by atoms with Crippen molar-refractivity contribution in [3.05, 3.63) is 46.2 Å². The number of guanidine groups is 1. The van der Waals surface area contributed by atoms with E-state index in [2.05, 4.69) is 20.6 Å². The van der Waals surface area contributed by atoms with Gasteiger partial charge in [-0.1, -0.05) is 0 Å². The summed E-state index contributed by atoms with van der Waals surface area (Å²) < 4.78 is 50.4. The number of nitrogens with one attached hydrogen (secondary N) is 2. The molecule has 0 spiro atoms. The van der Waals surface area contributed by atoms with E-state index >= 15 is 0 Å². The maximum atomic E-state index is 12.8. The molecule has 0 aliphatic rings. The maximum absolute atomic E-state index is 12.8. The average molecular weight is 534 g/mol. The lowest BCUT2D eigenvalue weighted by molar-refractivity contribution is -0.140. The largest absolute Gasteiger partial charge is 0.434 e. The Morgan fingerprint density at radius 3 is 2.52 bits per heavy atom. The van der Waals surface area contributed by atoms with Gasteiger partial charge in [0.15, 0.2) is 11.7 Å². The standard InChI is InChI=1S/C16H18F4N4S2.HI/c1-21-15(23-9-14-24-13(10-26-14)16(18,19)20)22-7-2-8-25-12-5-3-11(17)4-6-12;/h3-6,10H,2,7-9H2,1H3,(H2,21,22,23);1H. The van der Waals surface area contributed by atoms with E-state index in [0.29, 0.717) is 17.5 Å². The van der Waals surface area contributed by atoms with Gasteiger partial charge in [-0.3, -0.25) is 4.99 Å². The minimum Gasteiger partial charge on any atom is -0.356 e. The average Bonchev–Trinajstić information content (AvgIpc) is 3.08. The highest BCUT2D eigenvalue weighted by Gasteiger charge is 2.33. The molecule has 0 aliphatic carbocycles. The van der Waals surface area contributed by atoms with Crippen molar-refractivity contribution in [3.63, 3.8) is 0 Å². The fourth-order valence-corrected chi connectivity index (χ4v) is 3.50. The first kappa shape index (κ1) is 24.0.